The largest absolute Gasteiger partial charge is 0.379 e. The number of benzene rings is 2. The predicted molar refractivity (Wildman–Crippen MR) is 124 cm³/mol. The van der Waals surface area contributed by atoms with Gasteiger partial charge in [0, 0.05) is 36.8 Å². The van der Waals surface area contributed by atoms with Crippen LogP contribution in [0.1, 0.15) is 27.9 Å². The molecule has 0 saturated carbocycles. The number of carbonyl (C=O) groups is 1. The molecule has 5 nitrogen and oxygen atoms in total. The first kappa shape index (κ1) is 21.2. The Labute approximate surface area is 186 Å². The molecule has 0 spiro atoms. The van der Waals surface area contributed by atoms with Gasteiger partial charge in [-0.3, -0.25) is 14.6 Å². The van der Waals surface area contributed by atoms with Crippen LogP contribution in [0, 0.1) is 13.8 Å². The van der Waals surface area contributed by atoms with Crippen LogP contribution in [0.4, 0.5) is 5.13 Å². The summed E-state index contributed by atoms with van der Waals surface area (Å²) in [6, 6.07) is 11.6. The van der Waals surface area contributed by atoms with Gasteiger partial charge in [-0.15, -0.1) is 0 Å². The van der Waals surface area contributed by atoms with E-state index in [0.29, 0.717) is 11.6 Å². The van der Waals surface area contributed by atoms with Crippen molar-refractivity contribution in [2.45, 2.75) is 20.3 Å². The zero-order valence-electron chi connectivity index (χ0n) is 17.4. The highest BCUT2D eigenvalue weighted by Gasteiger charge is 2.23. The lowest BCUT2D eigenvalue weighted by molar-refractivity contribution is 0.0376. The standard InChI is InChI=1S/C23H26ClN3O2S/c1-16-4-6-19(17(2)14-16)22(28)27(9-3-8-26-10-12-29-13-11-26)23-25-20-7-5-18(24)15-21(20)30-23/h4-7,14-15H,3,8-13H2,1-2H3. The fourth-order valence-electron chi connectivity index (χ4n) is 3.76. The van der Waals surface area contributed by atoms with Crippen molar-refractivity contribution in [2.24, 2.45) is 0 Å². The third kappa shape index (κ3) is 4.83. The second-order valence-corrected chi connectivity index (χ2v) is 9.14. The highest BCUT2D eigenvalue weighted by molar-refractivity contribution is 7.22. The molecule has 1 aliphatic heterocycles. The lowest BCUT2D eigenvalue weighted by Crippen LogP contribution is -2.39. The number of amides is 1. The van der Waals surface area contributed by atoms with Crippen LogP contribution >= 0.6 is 22.9 Å². The topological polar surface area (TPSA) is 45.7 Å². The summed E-state index contributed by atoms with van der Waals surface area (Å²) in [4.78, 5) is 22.5. The zero-order chi connectivity index (χ0) is 21.1. The maximum Gasteiger partial charge on any atom is 0.260 e. The van der Waals surface area contributed by atoms with Crippen molar-refractivity contribution in [1.82, 2.24) is 9.88 Å². The van der Waals surface area contributed by atoms with Gasteiger partial charge < -0.3 is 4.74 Å². The monoisotopic (exact) mass is 443 g/mol. The van der Waals surface area contributed by atoms with Gasteiger partial charge in [0.25, 0.3) is 5.91 Å². The van der Waals surface area contributed by atoms with E-state index in [1.54, 1.807) is 0 Å². The Kier molecular flexibility index (Phi) is 6.68. The lowest BCUT2D eigenvalue weighted by Gasteiger charge is -2.28. The number of ether oxygens (including phenoxy) is 1. The average Bonchev–Trinajstić information content (AvgIpc) is 3.14. The van der Waals surface area contributed by atoms with Gasteiger partial charge in [-0.1, -0.05) is 40.6 Å². The highest BCUT2D eigenvalue weighted by Crippen LogP contribution is 2.32. The SMILES string of the molecule is Cc1ccc(C(=O)N(CCCN2CCOCC2)c2nc3ccc(Cl)cc3s2)c(C)c1. The first-order valence-corrected chi connectivity index (χ1v) is 11.5. The Morgan fingerprint density at radius 2 is 2.00 bits per heavy atom. The van der Waals surface area contributed by atoms with Gasteiger partial charge in [0.05, 0.1) is 23.4 Å². The minimum atomic E-state index is -0.000342. The first-order chi connectivity index (χ1) is 14.5. The number of aryl methyl sites for hydroxylation is 2. The molecule has 0 unspecified atom stereocenters. The maximum atomic E-state index is 13.5. The minimum absolute atomic E-state index is 0.000342. The van der Waals surface area contributed by atoms with Gasteiger partial charge >= 0.3 is 0 Å². The number of halogens is 1. The summed E-state index contributed by atoms with van der Waals surface area (Å²) in [6.45, 7) is 9.06. The summed E-state index contributed by atoms with van der Waals surface area (Å²) < 4.78 is 6.42. The van der Waals surface area contributed by atoms with Crippen molar-refractivity contribution < 1.29 is 9.53 Å². The molecule has 0 bridgehead atoms. The molecule has 1 saturated heterocycles. The van der Waals surface area contributed by atoms with Crippen molar-refractivity contribution in [2.75, 3.05) is 44.3 Å². The molecule has 0 N–H and O–H groups in total. The summed E-state index contributed by atoms with van der Waals surface area (Å²) in [7, 11) is 0. The Morgan fingerprint density at radius 1 is 1.20 bits per heavy atom. The molecule has 2 heterocycles. The molecule has 2 aromatic carbocycles. The number of hydrogen-bond donors (Lipinski definition) is 0. The van der Waals surface area contributed by atoms with Crippen LogP contribution in [-0.2, 0) is 4.74 Å². The first-order valence-electron chi connectivity index (χ1n) is 10.3. The van der Waals surface area contributed by atoms with Crippen LogP contribution in [0.2, 0.25) is 5.02 Å². The Morgan fingerprint density at radius 3 is 2.77 bits per heavy atom. The van der Waals surface area contributed by atoms with Gasteiger partial charge in [-0.2, -0.15) is 0 Å². The van der Waals surface area contributed by atoms with Crippen LogP contribution < -0.4 is 4.90 Å². The van der Waals surface area contributed by atoms with Gasteiger partial charge in [0.1, 0.15) is 0 Å². The number of aromatic nitrogens is 1. The minimum Gasteiger partial charge on any atom is -0.379 e. The maximum absolute atomic E-state index is 13.5. The Balaban J connectivity index is 1.59. The number of nitrogens with zero attached hydrogens (tertiary/aromatic N) is 3. The molecule has 1 aromatic heterocycles. The van der Waals surface area contributed by atoms with E-state index in [2.05, 4.69) is 11.0 Å². The molecule has 3 aromatic rings. The van der Waals surface area contributed by atoms with Gasteiger partial charge in [-0.05, 0) is 50.1 Å². The van der Waals surface area contributed by atoms with Gasteiger partial charge in [0.15, 0.2) is 5.13 Å². The molecule has 0 aliphatic carbocycles. The number of carbonyl (C=O) groups excluding carboxylic acids is 1. The van der Waals surface area contributed by atoms with Crippen molar-refractivity contribution in [3.63, 3.8) is 0 Å². The molecular formula is C23H26ClN3O2S. The number of morpholine rings is 1. The Bertz CT molecular complexity index is 1050. The van der Waals surface area contributed by atoms with E-state index in [4.69, 9.17) is 21.3 Å². The van der Waals surface area contributed by atoms with E-state index in [1.807, 2.05) is 49.1 Å². The van der Waals surface area contributed by atoms with Gasteiger partial charge in [0.2, 0.25) is 0 Å². The van der Waals surface area contributed by atoms with Crippen LogP contribution in [0.25, 0.3) is 10.2 Å². The van der Waals surface area contributed by atoms with Crippen molar-refractivity contribution in [1.29, 1.82) is 0 Å². The van der Waals surface area contributed by atoms with Crippen LogP contribution in [0.15, 0.2) is 36.4 Å². The number of rotatable bonds is 6. The summed E-state index contributed by atoms with van der Waals surface area (Å²) >= 11 is 7.67. The van der Waals surface area contributed by atoms with E-state index in [-0.39, 0.29) is 5.91 Å². The molecular weight excluding hydrogens is 418 g/mol. The second kappa shape index (κ2) is 9.43. The molecule has 7 heteroatoms. The molecule has 158 valence electrons. The third-order valence-corrected chi connectivity index (χ3v) is 6.66. The van der Waals surface area contributed by atoms with Gasteiger partial charge in [-0.25, -0.2) is 4.98 Å². The lowest BCUT2D eigenvalue weighted by atomic mass is 10.0. The highest BCUT2D eigenvalue weighted by atomic mass is 35.5. The van der Waals surface area contributed by atoms with E-state index in [9.17, 15) is 4.79 Å². The van der Waals surface area contributed by atoms with Crippen LogP contribution in [-0.4, -0.2) is 55.2 Å². The number of fused-ring (bicyclic) bond motifs is 1. The molecule has 1 fully saturated rings. The fraction of sp³-hybridized carbons (Fsp3) is 0.391. The average molecular weight is 444 g/mol. The van der Waals surface area contributed by atoms with Crippen LogP contribution in [0.5, 0.6) is 0 Å². The van der Waals surface area contributed by atoms with E-state index < -0.39 is 0 Å². The summed E-state index contributed by atoms with van der Waals surface area (Å²) in [5, 5.41) is 1.40. The molecule has 0 radical (unpaired) electrons. The molecule has 1 aliphatic rings. The molecule has 30 heavy (non-hydrogen) atoms. The normalized spacial score (nSPS) is 14.9. The summed E-state index contributed by atoms with van der Waals surface area (Å²) in [5.74, 6) is -0.000342. The smallest absolute Gasteiger partial charge is 0.260 e. The summed E-state index contributed by atoms with van der Waals surface area (Å²) in [6.07, 6.45) is 0.882. The number of thiazole rings is 1. The van der Waals surface area contributed by atoms with E-state index in [0.717, 1.165) is 71.3 Å². The quantitative estimate of drug-likeness (QED) is 0.541. The number of hydrogen-bond acceptors (Lipinski definition) is 5. The van der Waals surface area contributed by atoms with E-state index >= 15 is 0 Å². The number of anilines is 1. The predicted octanol–water partition coefficient (Wildman–Crippen LogP) is 4.94. The van der Waals surface area contributed by atoms with Crippen molar-refractivity contribution in [3.05, 3.63) is 58.1 Å². The van der Waals surface area contributed by atoms with E-state index in [1.165, 1.54) is 11.3 Å². The summed E-state index contributed by atoms with van der Waals surface area (Å²) in [5.41, 5.74) is 3.73. The van der Waals surface area contributed by atoms with Crippen molar-refractivity contribution >= 4 is 44.2 Å². The molecule has 1 amide bonds. The molecule has 0 atom stereocenters. The van der Waals surface area contributed by atoms with Crippen molar-refractivity contribution in [3.8, 4) is 0 Å². The molecule has 4 rings (SSSR count). The Hall–Kier alpha value is -1.99. The zero-order valence-corrected chi connectivity index (χ0v) is 18.9. The second-order valence-electron chi connectivity index (χ2n) is 7.69. The fourth-order valence-corrected chi connectivity index (χ4v) is 5.03. The van der Waals surface area contributed by atoms with Crippen LogP contribution in [0.3, 0.4) is 0 Å². The third-order valence-electron chi connectivity index (χ3n) is 5.39.